The van der Waals surface area contributed by atoms with Crippen LogP contribution >= 0.6 is 9.24 Å². The predicted molar refractivity (Wildman–Crippen MR) is 81.4 cm³/mol. The summed E-state index contributed by atoms with van der Waals surface area (Å²) in [6, 6.07) is 12.7. The molecule has 0 aliphatic carbocycles. The second-order valence-corrected chi connectivity index (χ2v) is 5.19. The monoisotopic (exact) mass is 260 g/mol. The van der Waals surface area contributed by atoms with Crippen LogP contribution < -0.4 is 5.32 Å². The zero-order chi connectivity index (χ0) is 13.1. The first-order valence-corrected chi connectivity index (χ1v) is 6.95. The SMILES string of the molecule is CC[C@H](NC(=O)[PH3+])c1cccc2c(C)cccc12. The van der Waals surface area contributed by atoms with Crippen molar-refractivity contribution in [1.29, 1.82) is 0 Å². The van der Waals surface area contributed by atoms with Crippen molar-refractivity contribution in [1.82, 2.24) is 5.32 Å². The minimum absolute atomic E-state index is 0.0477. The van der Waals surface area contributed by atoms with Crippen LogP contribution in [0.1, 0.15) is 30.5 Å². The summed E-state index contributed by atoms with van der Waals surface area (Å²) in [5.74, 6) is 0. The van der Waals surface area contributed by atoms with Crippen molar-refractivity contribution in [2.45, 2.75) is 26.3 Å². The highest BCUT2D eigenvalue weighted by atomic mass is 31.0. The average Bonchev–Trinajstić information content (AvgIpc) is 2.36. The Morgan fingerprint density at radius 3 is 2.56 bits per heavy atom. The lowest BCUT2D eigenvalue weighted by Gasteiger charge is -2.17. The van der Waals surface area contributed by atoms with E-state index in [4.69, 9.17) is 0 Å². The van der Waals surface area contributed by atoms with E-state index in [9.17, 15) is 4.79 Å². The highest BCUT2D eigenvalue weighted by Crippen LogP contribution is 2.28. The summed E-state index contributed by atoms with van der Waals surface area (Å²) >= 11 is 0. The van der Waals surface area contributed by atoms with Gasteiger partial charge in [-0.15, -0.1) is 0 Å². The van der Waals surface area contributed by atoms with E-state index in [1.807, 2.05) is 0 Å². The number of benzene rings is 2. The Bertz CT molecular complexity index is 580. The molecule has 2 rings (SSSR count). The number of amides is 1. The van der Waals surface area contributed by atoms with Gasteiger partial charge in [-0.25, -0.2) is 4.79 Å². The molecule has 0 saturated heterocycles. The molecule has 2 aromatic carbocycles. The van der Waals surface area contributed by atoms with E-state index in [-0.39, 0.29) is 11.7 Å². The number of hydrogen-bond acceptors (Lipinski definition) is 1. The second-order valence-electron chi connectivity index (χ2n) is 4.55. The van der Waals surface area contributed by atoms with Crippen molar-refractivity contribution in [3.8, 4) is 0 Å². The van der Waals surface area contributed by atoms with E-state index in [1.165, 1.54) is 31.1 Å². The smallest absolute Gasteiger partial charge is 0.317 e. The fourth-order valence-electron chi connectivity index (χ4n) is 2.39. The van der Waals surface area contributed by atoms with Crippen LogP contribution in [0.15, 0.2) is 36.4 Å². The molecule has 94 valence electrons. The summed E-state index contributed by atoms with van der Waals surface area (Å²) in [4.78, 5) is 11.3. The van der Waals surface area contributed by atoms with Gasteiger partial charge < -0.3 is 5.32 Å². The van der Waals surface area contributed by atoms with Gasteiger partial charge in [0.15, 0.2) is 0 Å². The first-order valence-electron chi connectivity index (χ1n) is 6.24. The lowest BCUT2D eigenvalue weighted by atomic mass is 9.95. The molecule has 3 heteroatoms. The number of carbonyl (C=O) groups is 1. The fraction of sp³-hybridized carbons (Fsp3) is 0.267. The van der Waals surface area contributed by atoms with Crippen molar-refractivity contribution in [3.63, 3.8) is 0 Å². The summed E-state index contributed by atoms with van der Waals surface area (Å²) in [6.45, 7) is 4.21. The molecule has 18 heavy (non-hydrogen) atoms. The maximum absolute atomic E-state index is 11.3. The summed E-state index contributed by atoms with van der Waals surface area (Å²) < 4.78 is 0. The summed E-state index contributed by atoms with van der Waals surface area (Å²) in [5.41, 5.74) is 2.53. The Balaban J connectivity index is 2.56. The lowest BCUT2D eigenvalue weighted by Crippen LogP contribution is -2.22. The number of rotatable bonds is 3. The summed E-state index contributed by atoms with van der Waals surface area (Å²) in [5, 5.41) is 5.53. The third kappa shape index (κ3) is 2.54. The zero-order valence-electron chi connectivity index (χ0n) is 10.9. The van der Waals surface area contributed by atoms with Crippen LogP contribution in [0.3, 0.4) is 0 Å². The number of fused-ring (bicyclic) bond motifs is 1. The summed E-state index contributed by atoms with van der Waals surface area (Å²) in [7, 11) is 1.37. The molecule has 0 radical (unpaired) electrons. The Morgan fingerprint density at radius 2 is 1.89 bits per heavy atom. The predicted octanol–water partition coefficient (Wildman–Crippen LogP) is 3.92. The first kappa shape index (κ1) is 13.0. The molecule has 1 N–H and O–H groups in total. The number of nitrogens with one attached hydrogen (secondary N) is 1. The molecule has 0 aliphatic heterocycles. The Hall–Kier alpha value is -1.40. The molecule has 2 aromatic rings. The Labute approximate surface area is 110 Å². The summed E-state index contributed by atoms with van der Waals surface area (Å²) in [6.07, 6.45) is 0.900. The van der Waals surface area contributed by atoms with E-state index < -0.39 is 0 Å². The number of carbonyl (C=O) groups excluding carboxylic acids is 1. The van der Waals surface area contributed by atoms with Gasteiger partial charge in [0.1, 0.15) is 0 Å². The van der Waals surface area contributed by atoms with E-state index in [2.05, 4.69) is 55.6 Å². The highest BCUT2D eigenvalue weighted by molar-refractivity contribution is 7.39. The molecule has 0 bridgehead atoms. The average molecular weight is 260 g/mol. The van der Waals surface area contributed by atoms with Gasteiger partial charge >= 0.3 is 5.65 Å². The quantitative estimate of drug-likeness (QED) is 0.833. The molecule has 1 amide bonds. The molecule has 2 nitrogen and oxygen atoms in total. The topological polar surface area (TPSA) is 29.1 Å². The molecule has 0 fully saturated rings. The maximum Gasteiger partial charge on any atom is 0.352 e. The van der Waals surface area contributed by atoms with Gasteiger partial charge in [0.2, 0.25) is 0 Å². The van der Waals surface area contributed by atoms with Crippen molar-refractivity contribution >= 4 is 25.7 Å². The molecular formula is C15H19NOP+. The van der Waals surface area contributed by atoms with Gasteiger partial charge in [0.05, 0.1) is 15.3 Å². The minimum atomic E-state index is 0.0477. The van der Waals surface area contributed by atoms with Gasteiger partial charge in [-0.3, -0.25) is 0 Å². The van der Waals surface area contributed by atoms with Crippen LogP contribution in [-0.2, 0) is 0 Å². The second kappa shape index (κ2) is 5.49. The fourth-order valence-corrected chi connectivity index (χ4v) is 2.64. The van der Waals surface area contributed by atoms with Crippen LogP contribution in [0.2, 0.25) is 0 Å². The molecular weight excluding hydrogens is 241 g/mol. The first-order chi connectivity index (χ1) is 8.63. The minimum Gasteiger partial charge on any atom is -0.317 e. The van der Waals surface area contributed by atoms with Gasteiger partial charge in [-0.05, 0) is 35.2 Å². The zero-order valence-corrected chi connectivity index (χ0v) is 12.3. The molecule has 0 heterocycles. The lowest BCUT2D eigenvalue weighted by molar-refractivity contribution is 0.257. The van der Waals surface area contributed by atoms with E-state index >= 15 is 0 Å². The number of hydrogen-bond donors (Lipinski definition) is 1. The standard InChI is InChI=1S/C15H18NOP/c1-3-14(16-15(17)18)13-9-5-7-11-10(2)6-4-8-12(11)13/h4-9,14H,3,18H2,1-2H3,(H,16,17)/p+1/t14-/m0/s1. The maximum atomic E-state index is 11.3. The molecule has 0 spiro atoms. The molecule has 0 saturated carbocycles. The van der Waals surface area contributed by atoms with Crippen LogP contribution in [0.4, 0.5) is 4.79 Å². The Kier molecular flexibility index (Phi) is 3.98. The third-order valence-corrected chi connectivity index (χ3v) is 3.50. The normalized spacial score (nSPS) is 12.6. The Morgan fingerprint density at radius 1 is 1.22 bits per heavy atom. The van der Waals surface area contributed by atoms with Crippen molar-refractivity contribution < 1.29 is 4.79 Å². The third-order valence-electron chi connectivity index (χ3n) is 3.29. The van der Waals surface area contributed by atoms with Crippen LogP contribution in [0, 0.1) is 6.92 Å². The molecule has 1 unspecified atom stereocenters. The van der Waals surface area contributed by atoms with Gasteiger partial charge in [-0.2, -0.15) is 0 Å². The molecule has 0 aliphatic rings. The van der Waals surface area contributed by atoms with Crippen LogP contribution in [0.25, 0.3) is 10.8 Å². The largest absolute Gasteiger partial charge is 0.352 e. The van der Waals surface area contributed by atoms with Crippen LogP contribution in [-0.4, -0.2) is 5.65 Å². The van der Waals surface area contributed by atoms with Crippen LogP contribution in [0.5, 0.6) is 0 Å². The van der Waals surface area contributed by atoms with E-state index in [1.54, 1.807) is 0 Å². The van der Waals surface area contributed by atoms with Crippen molar-refractivity contribution in [3.05, 3.63) is 47.5 Å². The highest BCUT2D eigenvalue weighted by Gasteiger charge is 2.15. The van der Waals surface area contributed by atoms with Gasteiger partial charge in [0, 0.05) is 0 Å². The number of aryl methyl sites for hydroxylation is 1. The molecule has 0 aromatic heterocycles. The molecule has 2 atom stereocenters. The van der Waals surface area contributed by atoms with E-state index in [0.29, 0.717) is 0 Å². The van der Waals surface area contributed by atoms with E-state index in [0.717, 1.165) is 6.42 Å². The van der Waals surface area contributed by atoms with Crippen molar-refractivity contribution in [2.24, 2.45) is 0 Å². The van der Waals surface area contributed by atoms with Gasteiger partial charge in [-0.1, -0.05) is 43.3 Å². The van der Waals surface area contributed by atoms with Gasteiger partial charge in [0.25, 0.3) is 0 Å². The van der Waals surface area contributed by atoms with Crippen molar-refractivity contribution in [2.75, 3.05) is 0 Å².